The van der Waals surface area contributed by atoms with Gasteiger partial charge >= 0.3 is 5.97 Å². The maximum absolute atomic E-state index is 12.5. The van der Waals surface area contributed by atoms with Crippen molar-refractivity contribution in [3.63, 3.8) is 0 Å². The molecular formula is C15H15NO5S3. The third-order valence-electron chi connectivity index (χ3n) is 3.31. The second-order valence-corrected chi connectivity index (χ2v) is 7.60. The maximum Gasteiger partial charge on any atom is 0.326 e. The first kappa shape index (κ1) is 18.6. The van der Waals surface area contributed by atoms with Gasteiger partial charge in [-0.2, -0.15) is 11.8 Å². The smallest absolute Gasteiger partial charge is 0.326 e. The molecule has 0 radical (unpaired) electrons. The Balaban J connectivity index is 2.28. The van der Waals surface area contributed by atoms with Crippen LogP contribution in [0.2, 0.25) is 0 Å². The number of phenols is 2. The molecule has 1 amide bonds. The van der Waals surface area contributed by atoms with E-state index >= 15 is 0 Å². The normalized spacial score (nSPS) is 17.5. The number of nitrogens with zero attached hydrogens (tertiary/aromatic N) is 1. The Morgan fingerprint density at radius 1 is 1.42 bits per heavy atom. The van der Waals surface area contributed by atoms with E-state index in [4.69, 9.17) is 12.2 Å². The zero-order chi connectivity index (χ0) is 17.9. The molecule has 1 aromatic rings. The van der Waals surface area contributed by atoms with Crippen LogP contribution in [0.4, 0.5) is 0 Å². The number of carboxylic acids is 1. The van der Waals surface area contributed by atoms with E-state index in [2.05, 4.69) is 0 Å². The third-order valence-corrected chi connectivity index (χ3v) is 5.29. The average Bonchev–Trinajstić information content (AvgIpc) is 2.78. The molecule has 2 rings (SSSR count). The number of carbonyl (C=O) groups excluding carboxylic acids is 1. The monoisotopic (exact) mass is 385 g/mol. The number of carboxylic acid groups (broad SMARTS) is 1. The molecule has 1 fully saturated rings. The van der Waals surface area contributed by atoms with Gasteiger partial charge in [-0.1, -0.05) is 30.0 Å². The zero-order valence-electron chi connectivity index (χ0n) is 12.6. The van der Waals surface area contributed by atoms with E-state index in [-0.39, 0.29) is 20.7 Å². The average molecular weight is 385 g/mol. The lowest BCUT2D eigenvalue weighted by Crippen LogP contribution is -2.44. The molecule has 24 heavy (non-hydrogen) atoms. The molecule has 0 aromatic heterocycles. The Morgan fingerprint density at radius 3 is 2.71 bits per heavy atom. The number of rotatable bonds is 6. The molecule has 0 bridgehead atoms. The van der Waals surface area contributed by atoms with Crippen LogP contribution in [-0.4, -0.2) is 54.5 Å². The number of phenolic OH excluding ortho intramolecular Hbond substituents is 2. The number of aliphatic carboxylic acids is 1. The number of thiocarbonyl (C=S) groups is 1. The first-order chi connectivity index (χ1) is 11.3. The van der Waals surface area contributed by atoms with Gasteiger partial charge in [0.15, 0.2) is 11.5 Å². The van der Waals surface area contributed by atoms with Crippen molar-refractivity contribution in [3.05, 3.63) is 28.7 Å². The molecule has 9 heteroatoms. The van der Waals surface area contributed by atoms with Crippen LogP contribution in [-0.2, 0) is 9.59 Å². The summed E-state index contributed by atoms with van der Waals surface area (Å²) in [4.78, 5) is 25.4. The number of hydrogen-bond acceptors (Lipinski definition) is 7. The summed E-state index contributed by atoms with van der Waals surface area (Å²) in [6.07, 6.45) is 3.67. The molecule has 1 aliphatic rings. The lowest BCUT2D eigenvalue weighted by Gasteiger charge is -2.22. The third kappa shape index (κ3) is 4.03. The highest BCUT2D eigenvalue weighted by atomic mass is 32.2. The lowest BCUT2D eigenvalue weighted by molar-refractivity contribution is -0.145. The minimum absolute atomic E-state index is 0.197. The Bertz CT molecular complexity index is 719. The first-order valence-electron chi connectivity index (χ1n) is 6.86. The number of aromatic hydroxyl groups is 2. The van der Waals surface area contributed by atoms with Gasteiger partial charge in [0, 0.05) is 0 Å². The number of benzene rings is 1. The van der Waals surface area contributed by atoms with E-state index in [1.54, 1.807) is 0 Å². The minimum Gasteiger partial charge on any atom is -0.504 e. The van der Waals surface area contributed by atoms with Crippen LogP contribution >= 0.6 is 35.7 Å². The van der Waals surface area contributed by atoms with Crippen molar-refractivity contribution in [2.45, 2.75) is 12.5 Å². The molecule has 1 unspecified atom stereocenters. The van der Waals surface area contributed by atoms with E-state index in [9.17, 15) is 24.9 Å². The van der Waals surface area contributed by atoms with Crippen LogP contribution < -0.4 is 0 Å². The highest BCUT2D eigenvalue weighted by Gasteiger charge is 2.40. The van der Waals surface area contributed by atoms with Gasteiger partial charge in [0.05, 0.1) is 4.91 Å². The van der Waals surface area contributed by atoms with Gasteiger partial charge in [-0.25, -0.2) is 4.79 Å². The molecule has 0 spiro atoms. The highest BCUT2D eigenvalue weighted by Crippen LogP contribution is 2.36. The van der Waals surface area contributed by atoms with Crippen molar-refractivity contribution >= 4 is 58.0 Å². The van der Waals surface area contributed by atoms with Gasteiger partial charge in [0.1, 0.15) is 10.4 Å². The molecule has 128 valence electrons. The van der Waals surface area contributed by atoms with Gasteiger partial charge in [0.2, 0.25) is 0 Å². The van der Waals surface area contributed by atoms with Crippen molar-refractivity contribution in [1.29, 1.82) is 0 Å². The summed E-state index contributed by atoms with van der Waals surface area (Å²) in [5.74, 6) is -1.53. The largest absolute Gasteiger partial charge is 0.504 e. The van der Waals surface area contributed by atoms with E-state index in [0.29, 0.717) is 17.7 Å². The lowest BCUT2D eigenvalue weighted by atomic mass is 10.1. The Kier molecular flexibility index (Phi) is 6.14. The van der Waals surface area contributed by atoms with Crippen LogP contribution in [0, 0.1) is 0 Å². The Morgan fingerprint density at radius 2 is 2.12 bits per heavy atom. The zero-order valence-corrected chi connectivity index (χ0v) is 15.1. The van der Waals surface area contributed by atoms with Crippen LogP contribution in [0.15, 0.2) is 23.1 Å². The maximum atomic E-state index is 12.5. The number of thioether (sulfide) groups is 2. The van der Waals surface area contributed by atoms with Crippen molar-refractivity contribution < 1.29 is 24.9 Å². The molecule has 1 saturated heterocycles. The Hall–Kier alpha value is -1.71. The molecule has 0 aliphatic carbocycles. The number of amides is 1. The first-order valence-corrected chi connectivity index (χ1v) is 9.47. The van der Waals surface area contributed by atoms with Crippen molar-refractivity contribution in [2.24, 2.45) is 0 Å². The standard InChI is InChI=1S/C15H15NO5S3/c1-23-5-4-9(14(20)21)16-13(19)12(24-15(16)22)7-8-2-3-10(17)11(18)6-8/h2-3,6-7,9,17-18H,4-5H2,1H3,(H,20,21)/b12-7+. The quantitative estimate of drug-likeness (QED) is 0.390. The van der Waals surface area contributed by atoms with Gasteiger partial charge in [-0.05, 0) is 42.2 Å². The summed E-state index contributed by atoms with van der Waals surface area (Å²) in [6, 6.07) is 3.15. The summed E-state index contributed by atoms with van der Waals surface area (Å²) in [5, 5.41) is 28.2. The van der Waals surface area contributed by atoms with E-state index in [1.165, 1.54) is 36.0 Å². The van der Waals surface area contributed by atoms with Gasteiger partial charge in [-0.3, -0.25) is 9.69 Å². The van der Waals surface area contributed by atoms with Crippen molar-refractivity contribution in [1.82, 2.24) is 4.90 Å². The molecule has 1 aromatic carbocycles. The molecule has 3 N–H and O–H groups in total. The predicted molar refractivity (Wildman–Crippen MR) is 99.2 cm³/mol. The molecule has 1 atom stereocenters. The molecular weight excluding hydrogens is 370 g/mol. The predicted octanol–water partition coefficient (Wildman–Crippen LogP) is 2.51. The highest BCUT2D eigenvalue weighted by molar-refractivity contribution is 8.26. The molecule has 1 aliphatic heterocycles. The van der Waals surface area contributed by atoms with E-state index in [0.717, 1.165) is 16.7 Å². The van der Waals surface area contributed by atoms with E-state index < -0.39 is 17.9 Å². The summed E-state index contributed by atoms with van der Waals surface area (Å²) < 4.78 is 0.197. The van der Waals surface area contributed by atoms with Crippen LogP contribution in [0.3, 0.4) is 0 Å². The number of hydrogen-bond donors (Lipinski definition) is 3. The molecule has 6 nitrogen and oxygen atoms in total. The summed E-state index contributed by atoms with van der Waals surface area (Å²) >= 11 is 7.69. The fraction of sp³-hybridized carbons (Fsp3) is 0.267. The van der Waals surface area contributed by atoms with Gasteiger partial charge in [-0.15, -0.1) is 0 Å². The minimum atomic E-state index is -1.09. The second kappa shape index (κ2) is 7.91. The fourth-order valence-electron chi connectivity index (χ4n) is 2.12. The van der Waals surface area contributed by atoms with Crippen molar-refractivity contribution in [3.8, 4) is 11.5 Å². The number of carbonyl (C=O) groups is 2. The SMILES string of the molecule is CSCCC(C(=O)O)N1C(=O)/C(=C\c2ccc(O)c(O)c2)SC1=S. The van der Waals surface area contributed by atoms with Crippen molar-refractivity contribution in [2.75, 3.05) is 12.0 Å². The molecule has 0 saturated carbocycles. The summed E-state index contributed by atoms with van der Waals surface area (Å²) in [7, 11) is 0. The second-order valence-electron chi connectivity index (χ2n) is 4.94. The van der Waals surface area contributed by atoms with Gasteiger partial charge in [0.25, 0.3) is 5.91 Å². The Labute approximate surface area is 152 Å². The fourth-order valence-corrected chi connectivity index (χ4v) is 3.94. The topological polar surface area (TPSA) is 98.1 Å². The summed E-state index contributed by atoms with van der Waals surface area (Å²) in [5.41, 5.74) is 0.502. The van der Waals surface area contributed by atoms with Crippen LogP contribution in [0.25, 0.3) is 6.08 Å². The van der Waals surface area contributed by atoms with Crippen LogP contribution in [0.1, 0.15) is 12.0 Å². The van der Waals surface area contributed by atoms with Crippen LogP contribution in [0.5, 0.6) is 11.5 Å². The van der Waals surface area contributed by atoms with E-state index in [1.807, 2.05) is 6.26 Å². The molecule has 1 heterocycles. The summed E-state index contributed by atoms with van der Waals surface area (Å²) in [6.45, 7) is 0. The van der Waals surface area contributed by atoms with Gasteiger partial charge < -0.3 is 15.3 Å².